The number of carbonyl (C=O) groups is 1. The zero-order valence-corrected chi connectivity index (χ0v) is 10.3. The molecule has 0 bridgehead atoms. The first-order valence-corrected chi connectivity index (χ1v) is 5.61. The Morgan fingerprint density at radius 1 is 1.53 bits per heavy atom. The third-order valence-electron chi connectivity index (χ3n) is 2.36. The Hall–Kier alpha value is -2.45. The molecular formula is C13H8ClNO4. The van der Waals surface area contributed by atoms with Crippen LogP contribution in [0.5, 0.6) is 5.75 Å². The van der Waals surface area contributed by atoms with Crippen molar-refractivity contribution < 1.29 is 19.1 Å². The third kappa shape index (κ3) is 2.87. The molecule has 0 saturated carbocycles. The summed E-state index contributed by atoms with van der Waals surface area (Å²) in [5.41, 5.74) is 0.277. The summed E-state index contributed by atoms with van der Waals surface area (Å²) in [5, 5.41) is 18.0. The van der Waals surface area contributed by atoms with Crippen molar-refractivity contribution in [2.75, 3.05) is 0 Å². The van der Waals surface area contributed by atoms with E-state index < -0.39 is 5.97 Å². The van der Waals surface area contributed by atoms with E-state index in [0.717, 1.165) is 6.26 Å². The minimum absolute atomic E-state index is 0.0162. The molecule has 0 fully saturated rings. The summed E-state index contributed by atoms with van der Waals surface area (Å²) < 4.78 is 10.4. The van der Waals surface area contributed by atoms with Gasteiger partial charge in [0.25, 0.3) is 0 Å². The van der Waals surface area contributed by atoms with Crippen LogP contribution in [0.25, 0.3) is 0 Å². The molecule has 0 radical (unpaired) electrons. The maximum atomic E-state index is 10.7. The lowest BCUT2D eigenvalue weighted by molar-refractivity contribution is 0.0696. The molecule has 6 heteroatoms. The van der Waals surface area contributed by atoms with Crippen molar-refractivity contribution in [1.29, 1.82) is 5.26 Å². The Labute approximate surface area is 113 Å². The lowest BCUT2D eigenvalue weighted by Crippen LogP contribution is -1.97. The van der Waals surface area contributed by atoms with E-state index >= 15 is 0 Å². The monoisotopic (exact) mass is 277 g/mol. The standard InChI is InChI=1S/C13H8ClNO4/c14-11-2-1-3-12(10(11)5-15)19-7-9-4-8(6-18-9)13(16)17/h1-4,6H,7H2,(H,16,17). The maximum Gasteiger partial charge on any atom is 0.338 e. The number of halogens is 1. The van der Waals surface area contributed by atoms with Gasteiger partial charge >= 0.3 is 5.97 Å². The van der Waals surface area contributed by atoms with E-state index in [-0.39, 0.29) is 17.7 Å². The zero-order chi connectivity index (χ0) is 13.8. The molecule has 0 aliphatic heterocycles. The molecule has 0 aliphatic rings. The van der Waals surface area contributed by atoms with Crippen LogP contribution in [0.1, 0.15) is 21.7 Å². The van der Waals surface area contributed by atoms with E-state index in [1.807, 2.05) is 6.07 Å². The van der Waals surface area contributed by atoms with Gasteiger partial charge in [-0.2, -0.15) is 5.26 Å². The Morgan fingerprint density at radius 3 is 2.95 bits per heavy atom. The van der Waals surface area contributed by atoms with Crippen LogP contribution >= 0.6 is 11.6 Å². The van der Waals surface area contributed by atoms with Crippen LogP contribution in [-0.2, 0) is 6.61 Å². The van der Waals surface area contributed by atoms with E-state index in [9.17, 15) is 4.79 Å². The Bertz CT molecular complexity index is 657. The predicted octanol–water partition coefficient (Wildman–Crippen LogP) is 3.08. The highest BCUT2D eigenvalue weighted by atomic mass is 35.5. The van der Waals surface area contributed by atoms with Crippen molar-refractivity contribution in [1.82, 2.24) is 0 Å². The van der Waals surface area contributed by atoms with E-state index in [4.69, 9.17) is 31.1 Å². The Kier molecular flexibility index (Phi) is 3.74. The van der Waals surface area contributed by atoms with Gasteiger partial charge in [-0.3, -0.25) is 0 Å². The molecule has 1 aromatic carbocycles. The summed E-state index contributed by atoms with van der Waals surface area (Å²) in [4.78, 5) is 10.7. The summed E-state index contributed by atoms with van der Waals surface area (Å²) in [6, 6.07) is 8.15. The first kappa shape index (κ1) is 13.0. The zero-order valence-electron chi connectivity index (χ0n) is 9.59. The normalized spacial score (nSPS) is 9.89. The number of carboxylic acid groups (broad SMARTS) is 1. The number of carboxylic acids is 1. The number of hydrogen-bond acceptors (Lipinski definition) is 4. The summed E-state index contributed by atoms with van der Waals surface area (Å²) in [7, 11) is 0. The van der Waals surface area contributed by atoms with Crippen molar-refractivity contribution in [3.63, 3.8) is 0 Å². The fourth-order valence-corrected chi connectivity index (χ4v) is 1.66. The molecule has 5 nitrogen and oxygen atoms in total. The van der Waals surface area contributed by atoms with Crippen LogP contribution in [-0.4, -0.2) is 11.1 Å². The van der Waals surface area contributed by atoms with Gasteiger partial charge < -0.3 is 14.3 Å². The topological polar surface area (TPSA) is 83.5 Å². The number of hydrogen-bond donors (Lipinski definition) is 1. The lowest BCUT2D eigenvalue weighted by Gasteiger charge is -2.06. The third-order valence-corrected chi connectivity index (χ3v) is 2.67. The number of benzene rings is 1. The second-order valence-electron chi connectivity index (χ2n) is 3.62. The molecule has 0 atom stereocenters. The van der Waals surface area contributed by atoms with Crippen LogP contribution in [0, 0.1) is 11.3 Å². The van der Waals surface area contributed by atoms with Crippen LogP contribution in [0.2, 0.25) is 5.02 Å². The van der Waals surface area contributed by atoms with Gasteiger partial charge in [-0.15, -0.1) is 0 Å². The average molecular weight is 278 g/mol. The van der Waals surface area contributed by atoms with Crippen molar-refractivity contribution in [3.8, 4) is 11.8 Å². The molecule has 19 heavy (non-hydrogen) atoms. The molecule has 1 aromatic heterocycles. The Morgan fingerprint density at radius 2 is 2.32 bits per heavy atom. The molecular weight excluding hydrogens is 270 g/mol. The number of rotatable bonds is 4. The largest absolute Gasteiger partial charge is 0.484 e. The highest BCUT2D eigenvalue weighted by Gasteiger charge is 2.11. The Balaban J connectivity index is 2.12. The average Bonchev–Trinajstić information content (AvgIpc) is 2.85. The van der Waals surface area contributed by atoms with E-state index in [2.05, 4.69) is 0 Å². The van der Waals surface area contributed by atoms with Gasteiger partial charge in [0.15, 0.2) is 0 Å². The highest BCUT2D eigenvalue weighted by molar-refractivity contribution is 6.31. The molecule has 0 spiro atoms. The molecule has 2 aromatic rings. The minimum atomic E-state index is -1.07. The van der Waals surface area contributed by atoms with Crippen molar-refractivity contribution in [3.05, 3.63) is 52.4 Å². The number of aromatic carboxylic acids is 1. The minimum Gasteiger partial charge on any atom is -0.484 e. The summed E-state index contributed by atoms with van der Waals surface area (Å²) >= 11 is 5.85. The van der Waals surface area contributed by atoms with E-state index in [0.29, 0.717) is 16.5 Å². The SMILES string of the molecule is N#Cc1c(Cl)cccc1OCc1cc(C(=O)O)co1. The van der Waals surface area contributed by atoms with Gasteiger partial charge in [0, 0.05) is 0 Å². The number of ether oxygens (including phenoxy) is 1. The summed E-state index contributed by atoms with van der Waals surface area (Å²) in [5.74, 6) is -0.403. The van der Waals surface area contributed by atoms with Crippen molar-refractivity contribution in [2.24, 2.45) is 0 Å². The molecule has 0 saturated heterocycles. The summed E-state index contributed by atoms with van der Waals surface area (Å²) in [6.07, 6.45) is 1.13. The second-order valence-corrected chi connectivity index (χ2v) is 4.03. The predicted molar refractivity (Wildman–Crippen MR) is 66.2 cm³/mol. The first-order chi connectivity index (χ1) is 9.11. The molecule has 2 rings (SSSR count). The van der Waals surface area contributed by atoms with Crippen molar-refractivity contribution >= 4 is 17.6 Å². The number of furan rings is 1. The van der Waals surface area contributed by atoms with E-state index in [1.165, 1.54) is 6.07 Å². The van der Waals surface area contributed by atoms with E-state index in [1.54, 1.807) is 18.2 Å². The molecule has 0 amide bonds. The second kappa shape index (κ2) is 5.46. The fraction of sp³-hybridized carbons (Fsp3) is 0.0769. The van der Waals surface area contributed by atoms with Gasteiger partial charge in [0.05, 0.1) is 10.6 Å². The first-order valence-electron chi connectivity index (χ1n) is 5.24. The molecule has 1 heterocycles. The molecule has 96 valence electrons. The van der Waals surface area contributed by atoms with Crippen LogP contribution in [0.4, 0.5) is 0 Å². The van der Waals surface area contributed by atoms with Gasteiger partial charge in [-0.05, 0) is 18.2 Å². The van der Waals surface area contributed by atoms with Gasteiger partial charge in [-0.25, -0.2) is 4.79 Å². The number of nitriles is 1. The van der Waals surface area contributed by atoms with Crippen LogP contribution in [0.15, 0.2) is 34.9 Å². The quantitative estimate of drug-likeness (QED) is 0.928. The number of nitrogens with zero attached hydrogens (tertiary/aromatic N) is 1. The van der Waals surface area contributed by atoms with Crippen molar-refractivity contribution in [2.45, 2.75) is 6.61 Å². The van der Waals surface area contributed by atoms with Crippen LogP contribution < -0.4 is 4.74 Å². The van der Waals surface area contributed by atoms with Gasteiger partial charge in [-0.1, -0.05) is 17.7 Å². The van der Waals surface area contributed by atoms with Gasteiger partial charge in [0.1, 0.15) is 36.0 Å². The molecule has 0 unspecified atom stereocenters. The van der Waals surface area contributed by atoms with Crippen LogP contribution in [0.3, 0.4) is 0 Å². The highest BCUT2D eigenvalue weighted by Crippen LogP contribution is 2.26. The lowest BCUT2D eigenvalue weighted by atomic mass is 10.2. The molecule has 1 N–H and O–H groups in total. The van der Waals surface area contributed by atoms with Gasteiger partial charge in [0.2, 0.25) is 0 Å². The molecule has 0 aliphatic carbocycles. The maximum absolute atomic E-state index is 10.7. The summed E-state index contributed by atoms with van der Waals surface area (Å²) in [6.45, 7) is 0.0162. The smallest absolute Gasteiger partial charge is 0.338 e. The fourth-order valence-electron chi connectivity index (χ4n) is 1.45.